The van der Waals surface area contributed by atoms with Crippen molar-refractivity contribution in [2.45, 2.75) is 18.5 Å². The number of nitrogens with two attached hydrogens (primary N) is 1. The van der Waals surface area contributed by atoms with Gasteiger partial charge in [0.2, 0.25) is 0 Å². The first-order chi connectivity index (χ1) is 10.7. The minimum Gasteiger partial charge on any atom is -0.494 e. The predicted octanol–water partition coefficient (Wildman–Crippen LogP) is 2.76. The van der Waals surface area contributed by atoms with Gasteiger partial charge in [0.25, 0.3) is 0 Å². The maximum atomic E-state index is 13.8. The van der Waals surface area contributed by atoms with Gasteiger partial charge in [-0.3, -0.25) is 4.90 Å². The highest BCUT2D eigenvalue weighted by atomic mass is 19.1. The first-order valence-corrected chi connectivity index (χ1v) is 7.52. The number of benzene rings is 2. The molecule has 0 spiro atoms. The number of ether oxygens (including phenoxy) is 1. The molecule has 2 N–H and O–H groups in total. The van der Waals surface area contributed by atoms with E-state index in [0.29, 0.717) is 12.5 Å². The second kappa shape index (κ2) is 6.46. The van der Waals surface area contributed by atoms with Gasteiger partial charge in [-0.25, -0.2) is 4.39 Å². The van der Waals surface area contributed by atoms with Crippen molar-refractivity contribution in [3.63, 3.8) is 0 Å². The molecular formula is C18H21FN2O. The summed E-state index contributed by atoms with van der Waals surface area (Å²) in [6.07, 6.45) is 0. The second-order valence-electron chi connectivity index (χ2n) is 5.84. The summed E-state index contributed by atoms with van der Waals surface area (Å²) in [4.78, 5) is 2.28. The zero-order chi connectivity index (χ0) is 15.5. The van der Waals surface area contributed by atoms with Gasteiger partial charge >= 0.3 is 0 Å². The summed E-state index contributed by atoms with van der Waals surface area (Å²) in [6.45, 7) is 2.43. The number of hydrogen-bond donors (Lipinski definition) is 1. The summed E-state index contributed by atoms with van der Waals surface area (Å²) in [7, 11) is 1.47. The van der Waals surface area contributed by atoms with Gasteiger partial charge in [0, 0.05) is 31.6 Å². The van der Waals surface area contributed by atoms with Crippen LogP contribution in [0, 0.1) is 5.82 Å². The molecule has 1 aliphatic rings. The monoisotopic (exact) mass is 300 g/mol. The average molecular weight is 300 g/mol. The van der Waals surface area contributed by atoms with Crippen molar-refractivity contribution in [1.82, 2.24) is 4.90 Å². The van der Waals surface area contributed by atoms with Gasteiger partial charge in [-0.2, -0.15) is 0 Å². The van der Waals surface area contributed by atoms with Crippen LogP contribution in [-0.2, 0) is 6.54 Å². The van der Waals surface area contributed by atoms with Gasteiger partial charge in [-0.1, -0.05) is 36.4 Å². The number of methoxy groups -OCH3 is 1. The Kier molecular flexibility index (Phi) is 4.41. The van der Waals surface area contributed by atoms with E-state index in [0.717, 1.165) is 18.7 Å². The predicted molar refractivity (Wildman–Crippen MR) is 85.4 cm³/mol. The summed E-state index contributed by atoms with van der Waals surface area (Å²) in [5.74, 6) is 0.302. The zero-order valence-corrected chi connectivity index (χ0v) is 12.7. The Morgan fingerprint density at radius 2 is 1.95 bits per heavy atom. The molecule has 116 valence electrons. The van der Waals surface area contributed by atoms with Crippen LogP contribution in [0.15, 0.2) is 48.5 Å². The van der Waals surface area contributed by atoms with Crippen LogP contribution in [0.25, 0.3) is 0 Å². The lowest BCUT2D eigenvalue weighted by atomic mass is 9.95. The SMILES string of the molecule is COc1ccc(CN2C[C@@H](N)[C@H](c3ccccc3)C2)cc1F. The fourth-order valence-electron chi connectivity index (χ4n) is 3.16. The van der Waals surface area contributed by atoms with Crippen LogP contribution < -0.4 is 10.5 Å². The number of rotatable bonds is 4. The normalized spacial score (nSPS) is 22.0. The minimum atomic E-state index is -0.317. The molecule has 2 aromatic rings. The Labute approximate surface area is 130 Å². The molecule has 1 aliphatic heterocycles. The summed E-state index contributed by atoms with van der Waals surface area (Å²) < 4.78 is 18.7. The van der Waals surface area contributed by atoms with Crippen molar-refractivity contribution in [3.8, 4) is 5.75 Å². The first-order valence-electron chi connectivity index (χ1n) is 7.52. The van der Waals surface area contributed by atoms with E-state index in [2.05, 4.69) is 17.0 Å². The molecule has 0 bridgehead atoms. The molecule has 0 aliphatic carbocycles. The van der Waals surface area contributed by atoms with Crippen LogP contribution in [0.2, 0.25) is 0 Å². The molecule has 1 fully saturated rings. The maximum absolute atomic E-state index is 13.8. The Morgan fingerprint density at radius 3 is 2.64 bits per heavy atom. The Balaban J connectivity index is 1.69. The van der Waals surface area contributed by atoms with Crippen molar-refractivity contribution >= 4 is 0 Å². The summed E-state index contributed by atoms with van der Waals surface area (Å²) in [6, 6.07) is 15.6. The lowest BCUT2D eigenvalue weighted by Crippen LogP contribution is -2.28. The lowest BCUT2D eigenvalue weighted by Gasteiger charge is -2.16. The van der Waals surface area contributed by atoms with E-state index in [1.807, 2.05) is 24.3 Å². The third-order valence-corrected chi connectivity index (χ3v) is 4.29. The fourth-order valence-corrected chi connectivity index (χ4v) is 3.16. The molecule has 3 rings (SSSR count). The van der Waals surface area contributed by atoms with Crippen molar-refractivity contribution in [3.05, 3.63) is 65.5 Å². The molecule has 4 heteroatoms. The Hall–Kier alpha value is -1.91. The van der Waals surface area contributed by atoms with Crippen LogP contribution in [0.4, 0.5) is 4.39 Å². The van der Waals surface area contributed by atoms with Crippen molar-refractivity contribution in [1.29, 1.82) is 0 Å². The fraction of sp³-hybridized carbons (Fsp3) is 0.333. The average Bonchev–Trinajstić information content (AvgIpc) is 2.89. The van der Waals surface area contributed by atoms with E-state index in [1.54, 1.807) is 12.1 Å². The molecule has 1 saturated heterocycles. The molecule has 22 heavy (non-hydrogen) atoms. The minimum absolute atomic E-state index is 0.116. The first kappa shape index (κ1) is 15.0. The molecule has 0 saturated carbocycles. The molecule has 0 aromatic heterocycles. The second-order valence-corrected chi connectivity index (χ2v) is 5.84. The molecule has 0 unspecified atom stereocenters. The standard InChI is InChI=1S/C18H21FN2O/c1-22-18-8-7-13(9-16(18)19)10-21-11-15(17(20)12-21)14-5-3-2-4-6-14/h2-9,15,17H,10-12,20H2,1H3/t15-,17+/m0/s1. The summed E-state index contributed by atoms with van der Waals surface area (Å²) in [5, 5.41) is 0. The highest BCUT2D eigenvalue weighted by molar-refractivity contribution is 5.30. The van der Waals surface area contributed by atoms with Crippen LogP contribution in [-0.4, -0.2) is 31.1 Å². The zero-order valence-electron chi connectivity index (χ0n) is 12.7. The molecular weight excluding hydrogens is 279 g/mol. The number of hydrogen-bond acceptors (Lipinski definition) is 3. The van der Waals surface area contributed by atoms with E-state index in [-0.39, 0.29) is 17.6 Å². The molecule has 0 radical (unpaired) electrons. The third kappa shape index (κ3) is 3.13. The van der Waals surface area contributed by atoms with Gasteiger partial charge < -0.3 is 10.5 Å². The van der Waals surface area contributed by atoms with Gasteiger partial charge in [0.1, 0.15) is 0 Å². The van der Waals surface area contributed by atoms with Crippen LogP contribution in [0.3, 0.4) is 0 Å². The quantitative estimate of drug-likeness (QED) is 0.943. The van der Waals surface area contributed by atoms with E-state index in [9.17, 15) is 4.39 Å². The lowest BCUT2D eigenvalue weighted by molar-refractivity contribution is 0.322. The van der Waals surface area contributed by atoms with Crippen LogP contribution in [0.1, 0.15) is 17.0 Å². The van der Waals surface area contributed by atoms with Crippen molar-refractivity contribution in [2.24, 2.45) is 5.73 Å². The Morgan fingerprint density at radius 1 is 1.18 bits per heavy atom. The molecule has 3 nitrogen and oxygen atoms in total. The van der Waals surface area contributed by atoms with E-state index in [1.165, 1.54) is 12.7 Å². The highest BCUT2D eigenvalue weighted by Crippen LogP contribution is 2.28. The van der Waals surface area contributed by atoms with Gasteiger partial charge in [0.05, 0.1) is 7.11 Å². The van der Waals surface area contributed by atoms with Gasteiger partial charge in [0.15, 0.2) is 11.6 Å². The molecule has 0 amide bonds. The number of likely N-dealkylation sites (tertiary alicyclic amines) is 1. The topological polar surface area (TPSA) is 38.5 Å². The van der Waals surface area contributed by atoms with E-state index >= 15 is 0 Å². The smallest absolute Gasteiger partial charge is 0.165 e. The molecule has 2 aromatic carbocycles. The molecule has 2 atom stereocenters. The number of halogens is 1. The highest BCUT2D eigenvalue weighted by Gasteiger charge is 2.31. The van der Waals surface area contributed by atoms with Crippen LogP contribution >= 0.6 is 0 Å². The van der Waals surface area contributed by atoms with Crippen molar-refractivity contribution < 1.29 is 9.13 Å². The summed E-state index contributed by atoms with van der Waals surface area (Å²) in [5.41, 5.74) is 8.51. The van der Waals surface area contributed by atoms with E-state index < -0.39 is 0 Å². The van der Waals surface area contributed by atoms with Crippen LogP contribution in [0.5, 0.6) is 5.75 Å². The Bertz CT molecular complexity index is 632. The summed E-state index contributed by atoms with van der Waals surface area (Å²) >= 11 is 0. The van der Waals surface area contributed by atoms with Gasteiger partial charge in [-0.05, 0) is 23.3 Å². The van der Waals surface area contributed by atoms with Gasteiger partial charge in [-0.15, -0.1) is 0 Å². The van der Waals surface area contributed by atoms with Crippen molar-refractivity contribution in [2.75, 3.05) is 20.2 Å². The molecule has 1 heterocycles. The number of nitrogens with zero attached hydrogens (tertiary/aromatic N) is 1. The third-order valence-electron chi connectivity index (χ3n) is 4.29. The largest absolute Gasteiger partial charge is 0.494 e. The maximum Gasteiger partial charge on any atom is 0.165 e. The van der Waals surface area contributed by atoms with E-state index in [4.69, 9.17) is 10.5 Å².